The molecule has 43 heavy (non-hydrogen) atoms. The minimum Gasteiger partial charge on any atom is -0.493 e. The maximum Gasteiger partial charge on any atom is 0.134 e. The van der Waals surface area contributed by atoms with Crippen LogP contribution in [0.4, 0.5) is 8.78 Å². The fourth-order valence-corrected chi connectivity index (χ4v) is 7.45. The van der Waals surface area contributed by atoms with Gasteiger partial charge in [-0.2, -0.15) is 0 Å². The van der Waals surface area contributed by atoms with Gasteiger partial charge in [0.05, 0.1) is 12.2 Å². The smallest absolute Gasteiger partial charge is 0.134 e. The zero-order valence-electron chi connectivity index (χ0n) is 27.8. The van der Waals surface area contributed by atoms with Crippen LogP contribution < -0.4 is 4.74 Å². The first-order chi connectivity index (χ1) is 20.7. The van der Waals surface area contributed by atoms with Crippen molar-refractivity contribution in [1.82, 2.24) is 0 Å². The van der Waals surface area contributed by atoms with E-state index in [1.165, 1.54) is 43.4 Å². The number of ether oxygens (including phenoxy) is 1. The molecule has 0 saturated heterocycles. The van der Waals surface area contributed by atoms with E-state index in [2.05, 4.69) is 60.6 Å². The summed E-state index contributed by atoms with van der Waals surface area (Å²) in [6.07, 6.45) is 11.6. The fraction of sp³-hybridized carbons (Fsp3) is 0.550. The minimum atomic E-state index is -0.508. The summed E-state index contributed by atoms with van der Waals surface area (Å²) in [6.45, 7) is 16.1. The lowest BCUT2D eigenvalue weighted by Gasteiger charge is -2.31. The highest BCUT2D eigenvalue weighted by atomic mass is 19.1. The third-order valence-corrected chi connectivity index (χ3v) is 10.8. The summed E-state index contributed by atoms with van der Waals surface area (Å²) in [5.41, 5.74) is 6.91. The van der Waals surface area contributed by atoms with Crippen molar-refractivity contribution in [3.05, 3.63) is 76.4 Å². The van der Waals surface area contributed by atoms with E-state index in [4.69, 9.17) is 4.74 Å². The van der Waals surface area contributed by atoms with Crippen LogP contribution in [0, 0.1) is 23.0 Å². The molecule has 3 aromatic carbocycles. The largest absolute Gasteiger partial charge is 0.493 e. The van der Waals surface area contributed by atoms with Gasteiger partial charge in [-0.25, -0.2) is 8.78 Å². The average molecular weight is 589 g/mol. The number of hydrogen-bond donors (Lipinski definition) is 0. The highest BCUT2D eigenvalue weighted by molar-refractivity contribution is 5.76. The lowest BCUT2D eigenvalue weighted by atomic mass is 9.77. The Morgan fingerprint density at radius 1 is 0.721 bits per heavy atom. The molecule has 3 heteroatoms. The molecule has 0 unspecified atom stereocenters. The van der Waals surface area contributed by atoms with Crippen LogP contribution in [-0.4, -0.2) is 6.61 Å². The van der Waals surface area contributed by atoms with Crippen molar-refractivity contribution in [3.63, 3.8) is 0 Å². The molecule has 0 spiro atoms. The summed E-state index contributed by atoms with van der Waals surface area (Å²) in [5.74, 6) is 1.31. The number of hydrogen-bond acceptors (Lipinski definition) is 1. The molecule has 0 atom stereocenters. The first-order valence-corrected chi connectivity index (χ1v) is 17.1. The summed E-state index contributed by atoms with van der Waals surface area (Å²) < 4.78 is 38.5. The summed E-state index contributed by atoms with van der Waals surface area (Å²) in [7, 11) is 0. The van der Waals surface area contributed by atoms with Crippen LogP contribution in [0.1, 0.15) is 128 Å². The molecule has 0 radical (unpaired) electrons. The third kappa shape index (κ3) is 7.18. The molecular formula is C40H54F2O. The zero-order chi connectivity index (χ0) is 31.1. The molecule has 0 bridgehead atoms. The van der Waals surface area contributed by atoms with E-state index in [0.717, 1.165) is 72.4 Å². The molecule has 1 nitrogen and oxygen atoms in total. The number of aryl methyl sites for hydroxylation is 1. The van der Waals surface area contributed by atoms with Crippen molar-refractivity contribution < 1.29 is 13.5 Å². The standard InChI is InChI=1S/C40H54F2O/c1-8-28-24-35(33(9-2)34(10-3)39(28)43-23-22-40(11-4,12-5)13-6)38-36(41)25-32(26-37(38)42)31-20-18-30(19-21-31)29-16-14-27(7)15-17-29/h18-21,24-27,29H,8-17,22-23H2,1-7H3. The summed E-state index contributed by atoms with van der Waals surface area (Å²) in [6, 6.07) is 13.4. The van der Waals surface area contributed by atoms with Crippen LogP contribution in [-0.2, 0) is 19.3 Å². The van der Waals surface area contributed by atoms with Gasteiger partial charge in [0, 0.05) is 0 Å². The Hall–Kier alpha value is -2.68. The normalized spacial score (nSPS) is 17.3. The van der Waals surface area contributed by atoms with Crippen molar-refractivity contribution >= 4 is 0 Å². The number of halogens is 2. The highest BCUT2D eigenvalue weighted by Crippen LogP contribution is 2.42. The highest BCUT2D eigenvalue weighted by Gasteiger charge is 2.26. The SMILES string of the molecule is CCc1cc(-c2c(F)cc(-c3ccc(C4CCC(C)CC4)cc3)cc2F)c(CC)c(CC)c1OCCC(CC)(CC)CC. The van der Waals surface area contributed by atoms with Crippen LogP contribution in [0.3, 0.4) is 0 Å². The second-order valence-corrected chi connectivity index (χ2v) is 13.0. The van der Waals surface area contributed by atoms with Gasteiger partial charge in [-0.3, -0.25) is 0 Å². The van der Waals surface area contributed by atoms with Crippen LogP contribution >= 0.6 is 0 Å². The van der Waals surface area contributed by atoms with Gasteiger partial charge in [-0.05, 0) is 113 Å². The van der Waals surface area contributed by atoms with Crippen molar-refractivity contribution in [2.45, 2.75) is 125 Å². The van der Waals surface area contributed by atoms with Crippen molar-refractivity contribution in [1.29, 1.82) is 0 Å². The Balaban J connectivity index is 1.66. The second-order valence-electron chi connectivity index (χ2n) is 13.0. The Bertz CT molecular complexity index is 1310. The molecule has 0 aromatic heterocycles. The van der Waals surface area contributed by atoms with E-state index in [0.29, 0.717) is 35.5 Å². The lowest BCUT2D eigenvalue weighted by molar-refractivity contribution is 0.172. The third-order valence-electron chi connectivity index (χ3n) is 10.8. The first-order valence-electron chi connectivity index (χ1n) is 17.1. The molecule has 0 N–H and O–H groups in total. The molecule has 1 fully saturated rings. The molecule has 3 aromatic rings. The van der Waals surface area contributed by atoms with E-state index >= 15 is 8.78 Å². The predicted octanol–water partition coefficient (Wildman–Crippen LogP) is 12.3. The van der Waals surface area contributed by atoms with Crippen LogP contribution in [0.25, 0.3) is 22.3 Å². The quantitative estimate of drug-likeness (QED) is 0.193. The van der Waals surface area contributed by atoms with Crippen LogP contribution in [0.5, 0.6) is 5.75 Å². The molecule has 234 valence electrons. The second kappa shape index (κ2) is 14.9. The Labute approximate surface area is 260 Å². The molecule has 0 amide bonds. The van der Waals surface area contributed by atoms with E-state index in [1.807, 2.05) is 18.2 Å². The number of benzene rings is 3. The Kier molecular flexibility index (Phi) is 11.5. The molecule has 1 aliphatic rings. The average Bonchev–Trinajstić information content (AvgIpc) is 3.03. The van der Waals surface area contributed by atoms with Crippen molar-refractivity contribution in [2.75, 3.05) is 6.61 Å². The molecule has 1 aliphatic carbocycles. The van der Waals surface area contributed by atoms with Crippen LogP contribution in [0.15, 0.2) is 42.5 Å². The zero-order valence-corrected chi connectivity index (χ0v) is 27.8. The molecule has 4 rings (SSSR count). The summed E-state index contributed by atoms with van der Waals surface area (Å²) >= 11 is 0. The van der Waals surface area contributed by atoms with E-state index in [1.54, 1.807) is 0 Å². The molecular weight excluding hydrogens is 534 g/mol. The van der Waals surface area contributed by atoms with E-state index in [9.17, 15) is 0 Å². The Morgan fingerprint density at radius 2 is 1.30 bits per heavy atom. The van der Waals surface area contributed by atoms with Gasteiger partial charge in [0.25, 0.3) is 0 Å². The van der Waals surface area contributed by atoms with Gasteiger partial charge in [0.2, 0.25) is 0 Å². The van der Waals surface area contributed by atoms with Crippen molar-refractivity contribution in [2.24, 2.45) is 11.3 Å². The van der Waals surface area contributed by atoms with Gasteiger partial charge in [-0.15, -0.1) is 0 Å². The van der Waals surface area contributed by atoms with Gasteiger partial charge in [-0.1, -0.05) is 105 Å². The van der Waals surface area contributed by atoms with Gasteiger partial charge >= 0.3 is 0 Å². The maximum absolute atomic E-state index is 16.0. The van der Waals surface area contributed by atoms with E-state index in [-0.39, 0.29) is 5.56 Å². The molecule has 0 aliphatic heterocycles. The molecule has 0 heterocycles. The van der Waals surface area contributed by atoms with Gasteiger partial charge < -0.3 is 4.74 Å². The minimum absolute atomic E-state index is 0.0754. The van der Waals surface area contributed by atoms with Crippen LogP contribution in [0.2, 0.25) is 0 Å². The van der Waals surface area contributed by atoms with E-state index < -0.39 is 11.6 Å². The summed E-state index contributed by atoms with van der Waals surface area (Å²) in [4.78, 5) is 0. The number of rotatable bonds is 13. The van der Waals surface area contributed by atoms with Gasteiger partial charge in [0.15, 0.2) is 0 Å². The first kappa shape index (κ1) is 33.2. The predicted molar refractivity (Wildman–Crippen MR) is 179 cm³/mol. The van der Waals surface area contributed by atoms with Crippen molar-refractivity contribution in [3.8, 4) is 28.0 Å². The monoisotopic (exact) mass is 588 g/mol. The fourth-order valence-electron chi connectivity index (χ4n) is 7.45. The lowest BCUT2D eigenvalue weighted by Crippen LogP contribution is -2.21. The topological polar surface area (TPSA) is 9.23 Å². The van der Waals surface area contributed by atoms with Gasteiger partial charge in [0.1, 0.15) is 17.4 Å². The Morgan fingerprint density at radius 3 is 1.81 bits per heavy atom. The maximum atomic E-state index is 16.0. The summed E-state index contributed by atoms with van der Waals surface area (Å²) in [5, 5.41) is 0. The molecule has 1 saturated carbocycles.